The van der Waals surface area contributed by atoms with E-state index in [1.54, 1.807) is 12.1 Å². The monoisotopic (exact) mass is 397 g/mol. The lowest BCUT2D eigenvalue weighted by Crippen LogP contribution is -2.46. The van der Waals surface area contributed by atoms with Crippen molar-refractivity contribution in [3.63, 3.8) is 0 Å². The Bertz CT molecular complexity index is 1040. The molecule has 5 N–H and O–H groups in total. The molecule has 1 heterocycles. The molecule has 1 aromatic heterocycles. The zero-order valence-electron chi connectivity index (χ0n) is 15.0. The van der Waals surface area contributed by atoms with Gasteiger partial charge >= 0.3 is 5.69 Å². The number of nitrogens with zero attached hydrogens (tertiary/aromatic N) is 3. The maximum Gasteiger partial charge on any atom is 0.365 e. The van der Waals surface area contributed by atoms with Gasteiger partial charge in [-0.25, -0.2) is 9.48 Å². The van der Waals surface area contributed by atoms with Crippen molar-refractivity contribution in [2.45, 2.75) is 13.5 Å². The summed E-state index contributed by atoms with van der Waals surface area (Å²) >= 11 is 5.10. The first-order valence-electron chi connectivity index (χ1n) is 8.37. The lowest BCUT2D eigenvalue weighted by Gasteiger charge is -2.11. The molecule has 10 heteroatoms. The lowest BCUT2D eigenvalue weighted by molar-refractivity contribution is -0.122. The summed E-state index contributed by atoms with van der Waals surface area (Å²) in [6.45, 7) is 1.63. The molecule has 3 rings (SSSR count). The molecule has 0 saturated heterocycles. The van der Waals surface area contributed by atoms with E-state index in [0.717, 1.165) is 20.6 Å². The van der Waals surface area contributed by atoms with Crippen molar-refractivity contribution in [3.8, 4) is 11.4 Å². The number of nitrogens with one attached hydrogen (secondary N) is 3. The molecule has 1 amide bonds. The van der Waals surface area contributed by atoms with Crippen LogP contribution in [0.3, 0.4) is 0 Å². The van der Waals surface area contributed by atoms with Gasteiger partial charge in [0.1, 0.15) is 6.54 Å². The highest BCUT2D eigenvalue weighted by Gasteiger charge is 2.15. The molecule has 0 spiro atoms. The number of rotatable bonds is 4. The third-order valence-corrected chi connectivity index (χ3v) is 4.02. The average Bonchev–Trinajstić information content (AvgIpc) is 2.96. The van der Waals surface area contributed by atoms with E-state index >= 15 is 0 Å². The van der Waals surface area contributed by atoms with Crippen molar-refractivity contribution >= 4 is 28.9 Å². The van der Waals surface area contributed by atoms with Crippen molar-refractivity contribution in [1.82, 2.24) is 25.3 Å². The standard InChI is InChI=1S/C18H19N7O2S/c1-12-7-9-13(10-8-12)16-23-24(18(27)25(16)19)11-15(26)21-22-17(28)20-14-5-3-2-4-6-14/h2-10H,11,19H2,1H3,(H,21,26)(H2,20,22,28). The van der Waals surface area contributed by atoms with Crippen molar-refractivity contribution in [2.75, 3.05) is 11.2 Å². The number of nitrogens with two attached hydrogens (primary N) is 1. The van der Waals surface area contributed by atoms with Gasteiger partial charge in [0.15, 0.2) is 10.9 Å². The van der Waals surface area contributed by atoms with E-state index < -0.39 is 11.6 Å². The van der Waals surface area contributed by atoms with Crippen LogP contribution >= 0.6 is 12.2 Å². The molecule has 2 aromatic carbocycles. The summed E-state index contributed by atoms with van der Waals surface area (Å²) in [4.78, 5) is 24.4. The molecule has 0 aliphatic rings. The minimum atomic E-state index is -0.601. The van der Waals surface area contributed by atoms with Gasteiger partial charge < -0.3 is 11.2 Å². The summed E-state index contributed by atoms with van der Waals surface area (Å²) in [6, 6.07) is 16.6. The quantitative estimate of drug-likeness (QED) is 0.291. The van der Waals surface area contributed by atoms with E-state index in [1.807, 2.05) is 49.4 Å². The number of benzene rings is 2. The van der Waals surface area contributed by atoms with Gasteiger partial charge in [-0.15, -0.1) is 5.10 Å². The molecule has 28 heavy (non-hydrogen) atoms. The zero-order chi connectivity index (χ0) is 20.1. The molecule has 9 nitrogen and oxygen atoms in total. The van der Waals surface area contributed by atoms with E-state index in [9.17, 15) is 9.59 Å². The van der Waals surface area contributed by atoms with Gasteiger partial charge in [0.25, 0.3) is 5.91 Å². The topological polar surface area (TPSA) is 119 Å². The summed E-state index contributed by atoms with van der Waals surface area (Å²) in [5.41, 5.74) is 6.90. The minimum absolute atomic E-state index is 0.205. The molecule has 0 bridgehead atoms. The number of aryl methyl sites for hydroxylation is 1. The molecule has 3 aromatic rings. The maximum atomic E-state index is 12.2. The van der Waals surface area contributed by atoms with Gasteiger partial charge in [-0.3, -0.25) is 15.6 Å². The van der Waals surface area contributed by atoms with Crippen molar-refractivity contribution < 1.29 is 4.79 Å². The predicted octanol–water partition coefficient (Wildman–Crippen LogP) is 0.752. The minimum Gasteiger partial charge on any atom is -0.333 e. The zero-order valence-corrected chi connectivity index (χ0v) is 15.9. The molecule has 0 saturated carbocycles. The van der Waals surface area contributed by atoms with E-state index in [2.05, 4.69) is 21.3 Å². The van der Waals surface area contributed by atoms with E-state index in [1.165, 1.54) is 0 Å². The molecule has 0 atom stereocenters. The molecule has 0 aliphatic heterocycles. The van der Waals surface area contributed by atoms with Crippen LogP contribution in [0.15, 0.2) is 59.4 Å². The number of hydrazine groups is 1. The molecule has 144 valence electrons. The van der Waals surface area contributed by atoms with Gasteiger partial charge in [-0.05, 0) is 31.3 Å². The molecule has 0 unspecified atom stereocenters. The number of anilines is 1. The van der Waals surface area contributed by atoms with Crippen LogP contribution in [0.5, 0.6) is 0 Å². The summed E-state index contributed by atoms with van der Waals surface area (Å²) < 4.78 is 1.90. The van der Waals surface area contributed by atoms with E-state index in [0.29, 0.717) is 5.56 Å². The maximum absolute atomic E-state index is 12.2. The SMILES string of the molecule is Cc1ccc(-c2nn(CC(=O)NNC(=S)Nc3ccccc3)c(=O)n2N)cc1. The number of carbonyl (C=O) groups is 1. The average molecular weight is 397 g/mol. The Morgan fingerprint density at radius 2 is 1.79 bits per heavy atom. The van der Waals surface area contributed by atoms with Crippen molar-refractivity contribution in [3.05, 3.63) is 70.6 Å². The van der Waals surface area contributed by atoms with Crippen LogP contribution in [0, 0.1) is 6.92 Å². The van der Waals surface area contributed by atoms with Crippen LogP contribution in [-0.2, 0) is 11.3 Å². The number of amides is 1. The highest BCUT2D eigenvalue weighted by Crippen LogP contribution is 2.14. The number of aromatic nitrogens is 3. The Balaban J connectivity index is 1.61. The first kappa shape index (κ1) is 19.1. The molecular formula is C18H19N7O2S. The summed E-state index contributed by atoms with van der Waals surface area (Å²) in [6.07, 6.45) is 0. The van der Waals surface area contributed by atoms with Crippen LogP contribution in [0.4, 0.5) is 5.69 Å². The number of para-hydroxylation sites is 1. The first-order chi connectivity index (χ1) is 13.4. The smallest absolute Gasteiger partial charge is 0.333 e. The first-order valence-corrected chi connectivity index (χ1v) is 8.78. The van der Waals surface area contributed by atoms with Crippen LogP contribution in [0.2, 0.25) is 0 Å². The fourth-order valence-corrected chi connectivity index (χ4v) is 2.58. The highest BCUT2D eigenvalue weighted by atomic mass is 32.1. The second-order valence-corrected chi connectivity index (χ2v) is 6.40. The van der Waals surface area contributed by atoms with Crippen LogP contribution in [-0.4, -0.2) is 25.5 Å². The Morgan fingerprint density at radius 1 is 1.11 bits per heavy atom. The fourth-order valence-electron chi connectivity index (χ4n) is 2.41. The molecule has 0 aliphatic carbocycles. The number of hydrogen-bond acceptors (Lipinski definition) is 5. The van der Waals surface area contributed by atoms with Gasteiger partial charge in [0.2, 0.25) is 0 Å². The molecule has 0 fully saturated rings. The third kappa shape index (κ3) is 4.54. The number of thiocarbonyl (C=S) groups is 1. The van der Waals surface area contributed by atoms with Gasteiger partial charge in [0.05, 0.1) is 0 Å². The highest BCUT2D eigenvalue weighted by molar-refractivity contribution is 7.80. The van der Waals surface area contributed by atoms with E-state index in [4.69, 9.17) is 18.1 Å². The third-order valence-electron chi connectivity index (χ3n) is 3.82. The van der Waals surface area contributed by atoms with Crippen LogP contribution < -0.4 is 27.7 Å². The van der Waals surface area contributed by atoms with Gasteiger partial charge in [0, 0.05) is 11.3 Å². The summed E-state index contributed by atoms with van der Waals surface area (Å²) in [5, 5.41) is 7.26. The predicted molar refractivity (Wildman–Crippen MR) is 111 cm³/mol. The number of carbonyl (C=O) groups excluding carboxylic acids is 1. The van der Waals surface area contributed by atoms with Gasteiger partial charge in [-0.1, -0.05) is 48.0 Å². The van der Waals surface area contributed by atoms with Crippen molar-refractivity contribution in [1.29, 1.82) is 0 Å². The van der Waals surface area contributed by atoms with Crippen molar-refractivity contribution in [2.24, 2.45) is 0 Å². The lowest BCUT2D eigenvalue weighted by atomic mass is 10.1. The number of hydrogen-bond donors (Lipinski definition) is 4. The second kappa shape index (κ2) is 8.35. The normalized spacial score (nSPS) is 10.3. The van der Waals surface area contributed by atoms with Crippen LogP contribution in [0.25, 0.3) is 11.4 Å². The Labute approximate surface area is 166 Å². The Morgan fingerprint density at radius 3 is 2.46 bits per heavy atom. The van der Waals surface area contributed by atoms with E-state index in [-0.39, 0.29) is 17.5 Å². The van der Waals surface area contributed by atoms with Gasteiger partial charge in [-0.2, -0.15) is 4.68 Å². The van der Waals surface area contributed by atoms with Crippen LogP contribution in [0.1, 0.15) is 5.56 Å². The summed E-state index contributed by atoms with van der Waals surface area (Å²) in [7, 11) is 0. The largest absolute Gasteiger partial charge is 0.365 e. The fraction of sp³-hybridized carbons (Fsp3) is 0.111. The second-order valence-electron chi connectivity index (χ2n) is 5.99. The number of nitrogen functional groups attached to an aromatic ring is 1. The molecule has 0 radical (unpaired) electrons. The Hall–Kier alpha value is -3.66. The molecular weight excluding hydrogens is 378 g/mol. The Kier molecular flexibility index (Phi) is 5.70. The summed E-state index contributed by atoms with van der Waals surface area (Å²) in [5.74, 6) is 5.56.